The summed E-state index contributed by atoms with van der Waals surface area (Å²) < 4.78 is 0. The van der Waals surface area contributed by atoms with E-state index in [2.05, 4.69) is 20.3 Å². The van der Waals surface area contributed by atoms with Gasteiger partial charge in [0.05, 0.1) is 11.2 Å². The van der Waals surface area contributed by atoms with E-state index in [9.17, 15) is 0 Å². The van der Waals surface area contributed by atoms with Crippen molar-refractivity contribution in [2.75, 3.05) is 0 Å². The van der Waals surface area contributed by atoms with Crippen LogP contribution in [0.1, 0.15) is 6.92 Å². The molecule has 1 aliphatic rings. The van der Waals surface area contributed by atoms with Crippen molar-refractivity contribution in [1.29, 1.82) is 0 Å². The first-order valence-corrected chi connectivity index (χ1v) is 5.33. The minimum atomic E-state index is 0.561. The molecule has 1 aromatic heterocycles. The first-order valence-electron chi connectivity index (χ1n) is 5.33. The number of allylic oxidation sites excluding steroid dienone is 2. The lowest BCUT2D eigenvalue weighted by Gasteiger charge is -1.93. The normalized spacial score (nSPS) is 15.2. The number of rotatable bonds is 2. The molecule has 0 aliphatic carbocycles. The Kier molecular flexibility index (Phi) is 2.31. The Morgan fingerprint density at radius 1 is 1.18 bits per heavy atom. The molecular formula is C12H11N5+. The molecule has 2 aromatic rings. The summed E-state index contributed by atoms with van der Waals surface area (Å²) in [6, 6.07) is 9.88. The number of nitrogens with zero attached hydrogens (tertiary/aromatic N) is 4. The molecule has 0 unspecified atom stereocenters. The maximum atomic E-state index is 4.42. The van der Waals surface area contributed by atoms with Crippen LogP contribution >= 0.6 is 0 Å². The number of nitrogens with one attached hydrogen (secondary N) is 1. The molecule has 0 fully saturated rings. The quantitative estimate of drug-likeness (QED) is 0.796. The number of aromatic nitrogens is 3. The van der Waals surface area contributed by atoms with Crippen LogP contribution in [-0.2, 0) is 0 Å². The van der Waals surface area contributed by atoms with Crippen LogP contribution in [0.3, 0.4) is 0 Å². The summed E-state index contributed by atoms with van der Waals surface area (Å²) in [5.74, 6) is 1.31. The molecule has 0 spiro atoms. The van der Waals surface area contributed by atoms with Gasteiger partial charge in [0.1, 0.15) is 0 Å². The molecule has 0 bridgehead atoms. The fraction of sp³-hybridized carbons (Fsp3) is 0.0833. The second-order valence-electron chi connectivity index (χ2n) is 3.73. The third-order valence-corrected chi connectivity index (χ3v) is 2.54. The molecule has 5 heteroatoms. The Labute approximate surface area is 98.5 Å². The maximum Gasteiger partial charge on any atom is 0.434 e. The van der Waals surface area contributed by atoms with Gasteiger partial charge in [0.15, 0.2) is 11.5 Å². The SMILES string of the molecule is CC1=CC=N[N+]1c1n[nH]c(-c2ccccc2)n1. The van der Waals surface area contributed by atoms with E-state index in [1.54, 1.807) is 11.2 Å². The molecule has 17 heavy (non-hydrogen) atoms. The van der Waals surface area contributed by atoms with Gasteiger partial charge in [-0.1, -0.05) is 35.4 Å². The van der Waals surface area contributed by atoms with E-state index in [1.165, 1.54) is 0 Å². The van der Waals surface area contributed by atoms with Crippen molar-refractivity contribution in [3.63, 3.8) is 0 Å². The smallest absolute Gasteiger partial charge is 0.254 e. The monoisotopic (exact) mass is 225 g/mol. The first kappa shape index (κ1) is 9.92. The van der Waals surface area contributed by atoms with Gasteiger partial charge in [0.25, 0.3) is 0 Å². The summed E-state index contributed by atoms with van der Waals surface area (Å²) in [6.45, 7) is 1.96. The largest absolute Gasteiger partial charge is 0.434 e. The molecule has 5 nitrogen and oxygen atoms in total. The molecule has 1 aliphatic heterocycles. The van der Waals surface area contributed by atoms with Gasteiger partial charge >= 0.3 is 5.95 Å². The lowest BCUT2D eigenvalue weighted by Crippen LogP contribution is -2.12. The summed E-state index contributed by atoms with van der Waals surface area (Å²) in [7, 11) is 0. The molecule has 3 rings (SSSR count). The van der Waals surface area contributed by atoms with E-state index >= 15 is 0 Å². The number of aromatic amines is 1. The third-order valence-electron chi connectivity index (χ3n) is 2.54. The first-order chi connectivity index (χ1) is 8.34. The number of anilines is 1. The van der Waals surface area contributed by atoms with Gasteiger partial charge in [0, 0.05) is 18.6 Å². The molecule has 0 saturated heterocycles. The van der Waals surface area contributed by atoms with Gasteiger partial charge in [-0.2, -0.15) is 0 Å². The van der Waals surface area contributed by atoms with Gasteiger partial charge < -0.3 is 0 Å². The van der Waals surface area contributed by atoms with Crippen molar-refractivity contribution < 1.29 is 0 Å². The highest BCUT2D eigenvalue weighted by atomic mass is 15.5. The van der Waals surface area contributed by atoms with Gasteiger partial charge in [-0.05, 0) is 5.10 Å². The Morgan fingerprint density at radius 2 is 2.00 bits per heavy atom. The molecule has 0 amide bonds. The van der Waals surface area contributed by atoms with Crippen LogP contribution in [-0.4, -0.2) is 21.4 Å². The van der Waals surface area contributed by atoms with Crippen molar-refractivity contribution in [2.45, 2.75) is 6.92 Å². The van der Waals surface area contributed by atoms with Crippen LogP contribution in [0.15, 0.2) is 47.2 Å². The topological polar surface area (TPSA) is 59.8 Å². The summed E-state index contributed by atoms with van der Waals surface area (Å²) in [5.41, 5.74) is 2.01. The van der Waals surface area contributed by atoms with E-state index in [-0.39, 0.29) is 0 Å². The average molecular weight is 225 g/mol. The van der Waals surface area contributed by atoms with Crippen molar-refractivity contribution in [3.05, 3.63) is 42.1 Å². The van der Waals surface area contributed by atoms with Crippen molar-refractivity contribution >= 4 is 12.2 Å². The molecule has 1 radical (unpaired) electrons. The zero-order valence-electron chi connectivity index (χ0n) is 9.33. The Hall–Kier alpha value is -2.27. The molecule has 83 valence electrons. The predicted octanol–water partition coefficient (Wildman–Crippen LogP) is 2.15. The summed E-state index contributed by atoms with van der Waals surface area (Å²) in [6.07, 6.45) is 3.65. The second-order valence-corrected chi connectivity index (χ2v) is 3.73. The summed E-state index contributed by atoms with van der Waals surface area (Å²) >= 11 is 0. The zero-order chi connectivity index (χ0) is 11.7. The number of H-pyrrole nitrogens is 1. The highest BCUT2D eigenvalue weighted by Crippen LogP contribution is 2.20. The van der Waals surface area contributed by atoms with Crippen molar-refractivity contribution in [3.8, 4) is 11.4 Å². The molecule has 1 aromatic carbocycles. The third kappa shape index (κ3) is 1.76. The van der Waals surface area contributed by atoms with Crippen LogP contribution < -0.4 is 5.01 Å². The van der Waals surface area contributed by atoms with Crippen molar-refractivity contribution in [2.24, 2.45) is 5.10 Å². The van der Waals surface area contributed by atoms with E-state index < -0.39 is 0 Å². The Balaban J connectivity index is 1.94. The minimum absolute atomic E-state index is 0.561. The minimum Gasteiger partial charge on any atom is -0.254 e. The molecule has 1 N–H and O–H groups in total. The van der Waals surface area contributed by atoms with Crippen LogP contribution in [0.5, 0.6) is 0 Å². The standard InChI is InChI=1S/C12H11N5/c1-9-7-8-13-17(9)12-14-11(15-16-12)10-5-3-2-4-6-10/h2-8H,1H3,(H,14,15,16)/q+1. The summed E-state index contributed by atoms with van der Waals surface area (Å²) in [5, 5.41) is 12.9. The zero-order valence-corrected chi connectivity index (χ0v) is 9.33. The van der Waals surface area contributed by atoms with Crippen LogP contribution in [0.4, 0.5) is 5.95 Å². The van der Waals surface area contributed by atoms with E-state index in [0.29, 0.717) is 5.95 Å². The number of hydrogen-bond acceptors (Lipinski definition) is 4. The number of benzene rings is 1. The van der Waals surface area contributed by atoms with Gasteiger partial charge in [-0.25, -0.2) is 0 Å². The predicted molar refractivity (Wildman–Crippen MR) is 65.9 cm³/mol. The van der Waals surface area contributed by atoms with E-state index in [0.717, 1.165) is 17.1 Å². The maximum absolute atomic E-state index is 4.42. The Morgan fingerprint density at radius 3 is 2.71 bits per heavy atom. The van der Waals surface area contributed by atoms with Crippen LogP contribution in [0.25, 0.3) is 11.4 Å². The molecule has 0 atom stereocenters. The van der Waals surface area contributed by atoms with Crippen LogP contribution in [0.2, 0.25) is 0 Å². The fourth-order valence-corrected chi connectivity index (χ4v) is 1.65. The van der Waals surface area contributed by atoms with Gasteiger partial charge in [-0.15, -0.1) is 4.98 Å². The second kappa shape index (κ2) is 3.95. The van der Waals surface area contributed by atoms with Gasteiger partial charge in [0.2, 0.25) is 0 Å². The van der Waals surface area contributed by atoms with E-state index in [1.807, 2.05) is 43.3 Å². The summed E-state index contributed by atoms with van der Waals surface area (Å²) in [4.78, 5) is 4.42. The fourth-order valence-electron chi connectivity index (χ4n) is 1.65. The molecule has 0 saturated carbocycles. The lowest BCUT2D eigenvalue weighted by atomic mass is 10.2. The van der Waals surface area contributed by atoms with Crippen LogP contribution in [0, 0.1) is 0 Å². The highest BCUT2D eigenvalue weighted by molar-refractivity contribution is 5.75. The highest BCUT2D eigenvalue weighted by Gasteiger charge is 2.30. The van der Waals surface area contributed by atoms with Gasteiger partial charge in [-0.3, -0.25) is 5.10 Å². The Bertz CT molecular complexity index is 582. The number of hydrazone groups is 1. The lowest BCUT2D eigenvalue weighted by molar-refractivity contribution is 0.659. The van der Waals surface area contributed by atoms with Crippen molar-refractivity contribution in [1.82, 2.24) is 20.2 Å². The average Bonchev–Trinajstić information content (AvgIpc) is 2.98. The van der Waals surface area contributed by atoms with E-state index in [4.69, 9.17) is 0 Å². The molecular weight excluding hydrogens is 214 g/mol. The molecule has 2 heterocycles. The number of hydrogen-bond donors (Lipinski definition) is 1.